The first-order valence-electron chi connectivity index (χ1n) is 10.7. The van der Waals surface area contributed by atoms with Crippen molar-refractivity contribution in [3.63, 3.8) is 0 Å². The largest absolute Gasteiger partial charge is 0.497 e. The van der Waals surface area contributed by atoms with Crippen LogP contribution in [-0.4, -0.2) is 76.0 Å². The molecule has 0 amide bonds. The van der Waals surface area contributed by atoms with Crippen molar-refractivity contribution in [1.29, 1.82) is 0 Å². The first-order valence-corrected chi connectivity index (χ1v) is 10.7. The fraction of sp³-hybridized carbons (Fsp3) is 0.682. The summed E-state index contributed by atoms with van der Waals surface area (Å²) in [6.45, 7) is 15.2. The van der Waals surface area contributed by atoms with E-state index in [2.05, 4.69) is 60.7 Å². The Morgan fingerprint density at radius 2 is 1.80 bits per heavy atom. The molecule has 7 nitrogen and oxygen atoms in total. The summed E-state index contributed by atoms with van der Waals surface area (Å²) < 4.78 is 10.9. The molecule has 0 saturated carbocycles. The second-order valence-corrected chi connectivity index (χ2v) is 8.26. The van der Waals surface area contributed by atoms with Crippen molar-refractivity contribution in [2.45, 2.75) is 39.3 Å². The fourth-order valence-corrected chi connectivity index (χ4v) is 3.28. The summed E-state index contributed by atoms with van der Waals surface area (Å²) in [5.74, 6) is 1.73. The minimum Gasteiger partial charge on any atom is -0.497 e. The highest BCUT2D eigenvalue weighted by Crippen LogP contribution is 2.24. The Hall–Kier alpha value is -1.10. The van der Waals surface area contributed by atoms with Crippen LogP contribution in [0.4, 0.5) is 0 Å². The van der Waals surface area contributed by atoms with E-state index in [0.717, 1.165) is 57.6 Å². The molecule has 30 heavy (non-hydrogen) atoms. The predicted octanol–water partition coefficient (Wildman–Crippen LogP) is 2.63. The zero-order valence-electron chi connectivity index (χ0n) is 19.2. The zero-order chi connectivity index (χ0) is 21.1. The van der Waals surface area contributed by atoms with Gasteiger partial charge in [-0.3, -0.25) is 9.89 Å². The third-order valence-electron chi connectivity index (χ3n) is 4.83. The molecule has 0 spiro atoms. The molecular formula is C22H40IN5O2. The van der Waals surface area contributed by atoms with Gasteiger partial charge in [0.2, 0.25) is 0 Å². The molecule has 1 unspecified atom stereocenters. The number of guanidine groups is 1. The van der Waals surface area contributed by atoms with E-state index in [4.69, 9.17) is 14.5 Å². The van der Waals surface area contributed by atoms with Crippen LogP contribution in [0.5, 0.6) is 5.75 Å². The lowest BCUT2D eigenvalue weighted by molar-refractivity contribution is 0.0179. The molecule has 3 N–H and O–H groups in total. The van der Waals surface area contributed by atoms with Crippen LogP contribution >= 0.6 is 24.0 Å². The van der Waals surface area contributed by atoms with Crippen LogP contribution in [0, 0.1) is 0 Å². The molecule has 1 fully saturated rings. The Kier molecular flexibility index (Phi) is 12.6. The van der Waals surface area contributed by atoms with Crippen LogP contribution in [0.2, 0.25) is 0 Å². The maximum atomic E-state index is 5.55. The number of methoxy groups -OCH3 is 1. The van der Waals surface area contributed by atoms with Gasteiger partial charge in [-0.2, -0.15) is 0 Å². The summed E-state index contributed by atoms with van der Waals surface area (Å²) in [4.78, 5) is 7.35. The lowest BCUT2D eigenvalue weighted by Crippen LogP contribution is -2.45. The number of ether oxygens (including phenoxy) is 2. The summed E-state index contributed by atoms with van der Waals surface area (Å²) in [5.41, 5.74) is 1.37. The van der Waals surface area contributed by atoms with Gasteiger partial charge in [0.1, 0.15) is 5.75 Å². The van der Waals surface area contributed by atoms with Gasteiger partial charge in [0.05, 0.1) is 32.9 Å². The maximum absolute atomic E-state index is 5.55. The Morgan fingerprint density at radius 3 is 2.37 bits per heavy atom. The van der Waals surface area contributed by atoms with Gasteiger partial charge in [0, 0.05) is 38.3 Å². The lowest BCUT2D eigenvalue weighted by Gasteiger charge is -2.34. The number of morpholine rings is 1. The summed E-state index contributed by atoms with van der Waals surface area (Å²) in [5, 5.41) is 10.3. The highest BCUT2D eigenvalue weighted by Gasteiger charge is 2.22. The van der Waals surface area contributed by atoms with Crippen molar-refractivity contribution in [3.8, 4) is 5.75 Å². The van der Waals surface area contributed by atoms with Crippen molar-refractivity contribution < 1.29 is 9.47 Å². The normalized spacial score (nSPS) is 16.5. The summed E-state index contributed by atoms with van der Waals surface area (Å²) in [7, 11) is 1.70. The third-order valence-corrected chi connectivity index (χ3v) is 4.83. The van der Waals surface area contributed by atoms with Gasteiger partial charge in [-0.05, 0) is 45.4 Å². The third kappa shape index (κ3) is 9.80. The Morgan fingerprint density at radius 1 is 1.13 bits per heavy atom. The molecule has 0 aliphatic carbocycles. The van der Waals surface area contributed by atoms with Gasteiger partial charge in [0.15, 0.2) is 5.96 Å². The fourth-order valence-electron chi connectivity index (χ4n) is 3.28. The van der Waals surface area contributed by atoms with Crippen molar-refractivity contribution in [1.82, 2.24) is 20.9 Å². The highest BCUT2D eigenvalue weighted by molar-refractivity contribution is 14.0. The number of hydrogen-bond acceptors (Lipinski definition) is 5. The first kappa shape index (κ1) is 26.9. The average Bonchev–Trinajstić information content (AvgIpc) is 2.71. The first-order chi connectivity index (χ1) is 13.9. The van der Waals surface area contributed by atoms with Crippen molar-refractivity contribution >= 4 is 29.9 Å². The smallest absolute Gasteiger partial charge is 0.191 e. The predicted molar refractivity (Wildman–Crippen MR) is 135 cm³/mol. The molecule has 1 aromatic carbocycles. The van der Waals surface area contributed by atoms with E-state index < -0.39 is 0 Å². The van der Waals surface area contributed by atoms with E-state index >= 15 is 0 Å². The standard InChI is InChI=1S/C22H39N5O2.HI/c1-6-23-21(24-11-12-26-22(2,3)4)25-17-20(27-13-15-29-16-14-27)18-7-9-19(28-5)10-8-18;/h7-10,20,26H,6,11-17H2,1-5H3,(H2,23,24,25);1H. The van der Waals surface area contributed by atoms with Crippen molar-refractivity contribution in [2.24, 2.45) is 4.99 Å². The van der Waals surface area contributed by atoms with Gasteiger partial charge >= 0.3 is 0 Å². The minimum atomic E-state index is 0. The van der Waals surface area contributed by atoms with E-state index in [1.54, 1.807) is 7.11 Å². The molecule has 1 heterocycles. The SMILES string of the molecule is CCNC(=NCC(c1ccc(OC)cc1)N1CCOCC1)NCCNC(C)(C)C.I. The molecule has 172 valence electrons. The molecule has 1 aliphatic heterocycles. The average molecular weight is 533 g/mol. The monoisotopic (exact) mass is 533 g/mol. The summed E-state index contributed by atoms with van der Waals surface area (Å²) in [6, 6.07) is 8.54. The highest BCUT2D eigenvalue weighted by atomic mass is 127. The molecule has 0 radical (unpaired) electrons. The quantitative estimate of drug-likeness (QED) is 0.196. The number of nitrogens with one attached hydrogen (secondary N) is 3. The number of aliphatic imine (C=N–C) groups is 1. The van der Waals surface area contributed by atoms with Gasteiger partial charge in [-0.15, -0.1) is 24.0 Å². The molecular weight excluding hydrogens is 493 g/mol. The van der Waals surface area contributed by atoms with Gasteiger partial charge < -0.3 is 25.4 Å². The number of rotatable bonds is 9. The van der Waals surface area contributed by atoms with Crippen molar-refractivity contribution in [3.05, 3.63) is 29.8 Å². The van der Waals surface area contributed by atoms with E-state index in [9.17, 15) is 0 Å². The lowest BCUT2D eigenvalue weighted by atomic mass is 10.0. The van der Waals surface area contributed by atoms with E-state index in [1.807, 2.05) is 12.1 Å². The Bertz CT molecular complexity index is 613. The number of nitrogens with zero attached hydrogens (tertiary/aromatic N) is 2. The maximum Gasteiger partial charge on any atom is 0.191 e. The van der Waals surface area contributed by atoms with Crippen molar-refractivity contribution in [2.75, 3.05) is 59.6 Å². The van der Waals surface area contributed by atoms with Crippen LogP contribution < -0.4 is 20.7 Å². The van der Waals surface area contributed by atoms with Crippen LogP contribution in [0.3, 0.4) is 0 Å². The molecule has 8 heteroatoms. The number of hydrogen-bond donors (Lipinski definition) is 3. The number of halogens is 1. The molecule has 1 atom stereocenters. The molecule has 0 aromatic heterocycles. The minimum absolute atomic E-state index is 0. The van der Waals surface area contributed by atoms with E-state index in [0.29, 0.717) is 6.54 Å². The van der Waals surface area contributed by atoms with Gasteiger partial charge in [-0.25, -0.2) is 0 Å². The number of benzene rings is 1. The van der Waals surface area contributed by atoms with Crippen LogP contribution in [0.1, 0.15) is 39.3 Å². The molecule has 1 aliphatic rings. The zero-order valence-corrected chi connectivity index (χ0v) is 21.5. The second kappa shape index (κ2) is 14.1. The second-order valence-electron chi connectivity index (χ2n) is 8.26. The topological polar surface area (TPSA) is 70.2 Å². The van der Waals surface area contributed by atoms with Gasteiger partial charge in [0.25, 0.3) is 0 Å². The molecule has 1 saturated heterocycles. The summed E-state index contributed by atoms with van der Waals surface area (Å²) >= 11 is 0. The van der Waals surface area contributed by atoms with E-state index in [1.165, 1.54) is 5.56 Å². The van der Waals surface area contributed by atoms with Crippen LogP contribution in [0.15, 0.2) is 29.3 Å². The van der Waals surface area contributed by atoms with Gasteiger partial charge in [-0.1, -0.05) is 12.1 Å². The molecule has 2 rings (SSSR count). The van der Waals surface area contributed by atoms with Crippen LogP contribution in [-0.2, 0) is 4.74 Å². The Balaban J connectivity index is 0.00000450. The van der Waals surface area contributed by atoms with Crippen LogP contribution in [0.25, 0.3) is 0 Å². The molecule has 0 bridgehead atoms. The Labute approximate surface area is 199 Å². The summed E-state index contributed by atoms with van der Waals surface area (Å²) in [6.07, 6.45) is 0. The van der Waals surface area contributed by atoms with E-state index in [-0.39, 0.29) is 35.6 Å². The molecule has 1 aromatic rings.